The summed E-state index contributed by atoms with van der Waals surface area (Å²) >= 11 is 5.70. The standard InChI is InChI=1S/C8H5ClN2O/c9-7-3-1-6(2-4-7)8-10-5-12-11-8/h1-5H/i5D. The van der Waals surface area contributed by atoms with Gasteiger partial charge in [0.25, 0.3) is 0 Å². The Bertz CT molecular complexity index is 412. The molecule has 1 aromatic heterocycles. The highest BCUT2D eigenvalue weighted by molar-refractivity contribution is 6.30. The minimum Gasteiger partial charge on any atom is -0.342 e. The molecule has 60 valence electrons. The van der Waals surface area contributed by atoms with Gasteiger partial charge >= 0.3 is 0 Å². The van der Waals surface area contributed by atoms with Crippen molar-refractivity contribution in [1.29, 1.82) is 0 Å². The molecule has 0 fully saturated rings. The molecule has 0 saturated carbocycles. The first-order valence-corrected chi connectivity index (χ1v) is 3.70. The van der Waals surface area contributed by atoms with Gasteiger partial charge in [-0.25, -0.2) is 0 Å². The summed E-state index contributed by atoms with van der Waals surface area (Å²) < 4.78 is 11.6. The lowest BCUT2D eigenvalue weighted by molar-refractivity contribution is 0.419. The summed E-state index contributed by atoms with van der Waals surface area (Å²) in [7, 11) is 0. The molecule has 0 bridgehead atoms. The van der Waals surface area contributed by atoms with E-state index in [0.717, 1.165) is 5.56 Å². The van der Waals surface area contributed by atoms with Gasteiger partial charge in [0.1, 0.15) is 1.37 Å². The minimum absolute atomic E-state index is 0.190. The summed E-state index contributed by atoms with van der Waals surface area (Å²) in [5.74, 6) is 0.404. The molecule has 0 amide bonds. The Morgan fingerprint density at radius 1 is 1.33 bits per heavy atom. The zero-order valence-electron chi connectivity index (χ0n) is 6.99. The van der Waals surface area contributed by atoms with E-state index in [4.69, 9.17) is 13.0 Å². The van der Waals surface area contributed by atoms with Crippen LogP contribution in [0.3, 0.4) is 0 Å². The molecular formula is C8H5ClN2O. The smallest absolute Gasteiger partial charge is 0.214 e. The first-order valence-electron chi connectivity index (χ1n) is 3.82. The number of rotatable bonds is 1. The van der Waals surface area contributed by atoms with Gasteiger partial charge in [-0.05, 0) is 24.3 Å². The second-order valence-electron chi connectivity index (χ2n) is 2.22. The molecule has 0 aliphatic rings. The number of benzene rings is 1. The molecular weight excluding hydrogens is 176 g/mol. The van der Waals surface area contributed by atoms with Gasteiger partial charge in [-0.15, -0.1) is 0 Å². The van der Waals surface area contributed by atoms with Gasteiger partial charge in [-0.2, -0.15) is 4.98 Å². The molecule has 12 heavy (non-hydrogen) atoms. The van der Waals surface area contributed by atoms with E-state index < -0.39 is 0 Å². The fraction of sp³-hybridized carbons (Fsp3) is 0. The molecule has 1 heterocycles. The SMILES string of the molecule is [2H]c1nc(-c2ccc(Cl)cc2)no1. The molecule has 2 rings (SSSR count). The van der Waals surface area contributed by atoms with Gasteiger partial charge < -0.3 is 4.52 Å². The number of aromatic nitrogens is 2. The van der Waals surface area contributed by atoms with E-state index in [0.29, 0.717) is 10.8 Å². The van der Waals surface area contributed by atoms with Gasteiger partial charge in [0.2, 0.25) is 12.2 Å². The molecule has 3 nitrogen and oxygen atoms in total. The maximum atomic E-state index is 7.04. The van der Waals surface area contributed by atoms with Crippen LogP contribution >= 0.6 is 11.6 Å². The second-order valence-corrected chi connectivity index (χ2v) is 2.65. The van der Waals surface area contributed by atoms with Crippen LogP contribution < -0.4 is 0 Å². The summed E-state index contributed by atoms with van der Waals surface area (Å²) in [4.78, 5) is 3.76. The van der Waals surface area contributed by atoms with Gasteiger partial charge in [-0.1, -0.05) is 16.8 Å². The van der Waals surface area contributed by atoms with Crippen molar-refractivity contribution in [3.8, 4) is 11.4 Å². The highest BCUT2D eigenvalue weighted by Crippen LogP contribution is 2.16. The lowest BCUT2D eigenvalue weighted by Gasteiger charge is -1.92. The van der Waals surface area contributed by atoms with Crippen molar-refractivity contribution >= 4 is 11.6 Å². The lowest BCUT2D eigenvalue weighted by atomic mass is 10.2. The first-order chi connectivity index (χ1) is 6.25. The average Bonchev–Trinajstić information content (AvgIpc) is 2.53. The number of hydrogen-bond donors (Lipinski definition) is 0. The lowest BCUT2D eigenvalue weighted by Crippen LogP contribution is -1.78. The van der Waals surface area contributed by atoms with Gasteiger partial charge in [0.05, 0.1) is 0 Å². The van der Waals surface area contributed by atoms with Crippen LogP contribution in [0.15, 0.2) is 35.2 Å². The second kappa shape index (κ2) is 2.95. The van der Waals surface area contributed by atoms with Gasteiger partial charge in [0, 0.05) is 10.6 Å². The Labute approximate surface area is 75.4 Å². The third-order valence-corrected chi connectivity index (χ3v) is 1.68. The van der Waals surface area contributed by atoms with Crippen LogP contribution in [0.4, 0.5) is 0 Å². The summed E-state index contributed by atoms with van der Waals surface area (Å²) in [6.07, 6.45) is -0.190. The highest BCUT2D eigenvalue weighted by Gasteiger charge is 2.00. The van der Waals surface area contributed by atoms with E-state index >= 15 is 0 Å². The largest absolute Gasteiger partial charge is 0.342 e. The molecule has 0 radical (unpaired) electrons. The van der Waals surface area contributed by atoms with Crippen LogP contribution in [0.5, 0.6) is 0 Å². The summed E-state index contributed by atoms with van der Waals surface area (Å²) in [5.41, 5.74) is 0.784. The van der Waals surface area contributed by atoms with Crippen LogP contribution in [-0.4, -0.2) is 10.1 Å². The zero-order valence-corrected chi connectivity index (χ0v) is 6.75. The summed E-state index contributed by atoms with van der Waals surface area (Å²) in [5, 5.41) is 4.25. The third kappa shape index (κ3) is 1.31. The quantitative estimate of drug-likeness (QED) is 0.678. The van der Waals surface area contributed by atoms with Crippen molar-refractivity contribution in [3.05, 3.63) is 35.7 Å². The monoisotopic (exact) mass is 181 g/mol. The van der Waals surface area contributed by atoms with E-state index in [1.165, 1.54) is 0 Å². The third-order valence-electron chi connectivity index (χ3n) is 1.43. The molecule has 1 aromatic carbocycles. The van der Waals surface area contributed by atoms with Gasteiger partial charge in [-0.3, -0.25) is 0 Å². The van der Waals surface area contributed by atoms with E-state index in [9.17, 15) is 0 Å². The molecule has 0 atom stereocenters. The fourth-order valence-electron chi connectivity index (χ4n) is 0.864. The Hall–Kier alpha value is -1.35. The fourth-order valence-corrected chi connectivity index (χ4v) is 0.990. The molecule has 0 saturated heterocycles. The summed E-state index contributed by atoms with van der Waals surface area (Å²) in [6.45, 7) is 0. The molecule has 2 aromatic rings. The zero-order chi connectivity index (χ0) is 9.26. The molecule has 0 aliphatic heterocycles. The number of hydrogen-bond acceptors (Lipinski definition) is 3. The van der Waals surface area contributed by atoms with E-state index in [-0.39, 0.29) is 6.37 Å². The number of halogens is 1. The van der Waals surface area contributed by atoms with Crippen LogP contribution in [0.2, 0.25) is 5.02 Å². The molecule has 0 unspecified atom stereocenters. The maximum absolute atomic E-state index is 7.04. The van der Waals surface area contributed by atoms with Crippen molar-refractivity contribution in [1.82, 2.24) is 10.1 Å². The predicted molar refractivity (Wildman–Crippen MR) is 44.7 cm³/mol. The highest BCUT2D eigenvalue weighted by atomic mass is 35.5. The Morgan fingerprint density at radius 3 is 2.67 bits per heavy atom. The molecule has 4 heteroatoms. The van der Waals surface area contributed by atoms with Gasteiger partial charge in [0.15, 0.2) is 0 Å². The Morgan fingerprint density at radius 2 is 2.08 bits per heavy atom. The van der Waals surface area contributed by atoms with Crippen molar-refractivity contribution in [3.63, 3.8) is 0 Å². The van der Waals surface area contributed by atoms with Crippen LogP contribution in [-0.2, 0) is 0 Å². The van der Waals surface area contributed by atoms with Crippen molar-refractivity contribution in [2.24, 2.45) is 0 Å². The number of nitrogens with zero attached hydrogens (tertiary/aromatic N) is 2. The van der Waals surface area contributed by atoms with E-state index in [1.807, 2.05) is 0 Å². The average molecular weight is 182 g/mol. The first kappa shape index (κ1) is 6.20. The van der Waals surface area contributed by atoms with Crippen LogP contribution in [0, 0.1) is 0 Å². The molecule has 0 spiro atoms. The maximum Gasteiger partial charge on any atom is 0.214 e. The van der Waals surface area contributed by atoms with Crippen LogP contribution in [0.25, 0.3) is 11.4 Å². The molecule has 0 N–H and O–H groups in total. The normalized spacial score (nSPS) is 11.2. The Balaban J connectivity index is 2.41. The minimum atomic E-state index is -0.190. The van der Waals surface area contributed by atoms with Crippen molar-refractivity contribution < 1.29 is 5.89 Å². The van der Waals surface area contributed by atoms with Crippen molar-refractivity contribution in [2.75, 3.05) is 0 Å². The van der Waals surface area contributed by atoms with Crippen molar-refractivity contribution in [2.45, 2.75) is 0 Å². The topological polar surface area (TPSA) is 38.9 Å². The Kier molecular flexibility index (Phi) is 1.52. The van der Waals surface area contributed by atoms with E-state index in [2.05, 4.69) is 14.7 Å². The molecule has 0 aliphatic carbocycles. The summed E-state index contributed by atoms with van der Waals surface area (Å²) in [6, 6.07) is 7.01. The predicted octanol–water partition coefficient (Wildman–Crippen LogP) is 2.39. The van der Waals surface area contributed by atoms with E-state index in [1.54, 1.807) is 24.3 Å². The van der Waals surface area contributed by atoms with Crippen LogP contribution in [0.1, 0.15) is 1.37 Å².